The average Bonchev–Trinajstić information content (AvgIpc) is 2.29. The van der Waals surface area contributed by atoms with Crippen LogP contribution in [0.25, 0.3) is 0 Å². The van der Waals surface area contributed by atoms with E-state index in [1.807, 2.05) is 38.1 Å². The lowest BCUT2D eigenvalue weighted by Crippen LogP contribution is -2.32. The maximum Gasteiger partial charge on any atom is 0.119 e. The van der Waals surface area contributed by atoms with Crippen LogP contribution in [-0.2, 0) is 11.3 Å². The molecule has 0 spiro atoms. The molecule has 1 rings (SSSR count). The van der Waals surface area contributed by atoms with E-state index in [-0.39, 0.29) is 11.3 Å². The Balaban J connectivity index is 2.49. The van der Waals surface area contributed by atoms with Gasteiger partial charge < -0.3 is 15.2 Å². The van der Waals surface area contributed by atoms with E-state index in [4.69, 9.17) is 20.6 Å². The second kappa shape index (κ2) is 6.40. The van der Waals surface area contributed by atoms with Gasteiger partial charge in [-0.15, -0.1) is 0 Å². The molecular weight excluding hydrogens is 228 g/mol. The molecule has 0 amide bonds. The zero-order valence-corrected chi connectivity index (χ0v) is 11.3. The third-order valence-corrected chi connectivity index (χ3v) is 2.93. The standard InChI is InChI=1S/C14H22N2O2/c1-14(2,13(15)16)7-8-18-12-6-4-5-11(9-12)10-17-3/h4-6,9H,7-8,10H2,1-3H3,(H3,15,16). The largest absolute Gasteiger partial charge is 0.494 e. The Bertz CT molecular complexity index is 403. The van der Waals surface area contributed by atoms with Crippen molar-refractivity contribution in [3.63, 3.8) is 0 Å². The van der Waals surface area contributed by atoms with Crippen molar-refractivity contribution in [2.24, 2.45) is 11.1 Å². The second-order valence-electron chi connectivity index (χ2n) is 4.98. The molecule has 0 aliphatic heterocycles. The van der Waals surface area contributed by atoms with E-state index < -0.39 is 0 Å². The summed E-state index contributed by atoms with van der Waals surface area (Å²) in [5.74, 6) is 1.02. The van der Waals surface area contributed by atoms with Crippen LogP contribution in [-0.4, -0.2) is 19.6 Å². The molecular formula is C14H22N2O2. The minimum Gasteiger partial charge on any atom is -0.494 e. The number of methoxy groups -OCH3 is 1. The predicted octanol–water partition coefficient (Wildman–Crippen LogP) is 2.56. The molecule has 1 aromatic carbocycles. The van der Waals surface area contributed by atoms with Crippen LogP contribution in [0.1, 0.15) is 25.8 Å². The van der Waals surface area contributed by atoms with Crippen molar-refractivity contribution in [2.45, 2.75) is 26.9 Å². The molecule has 1 aromatic rings. The topological polar surface area (TPSA) is 68.3 Å². The molecule has 0 bridgehead atoms. The van der Waals surface area contributed by atoms with E-state index in [2.05, 4.69) is 0 Å². The quantitative estimate of drug-likeness (QED) is 0.577. The highest BCUT2D eigenvalue weighted by molar-refractivity contribution is 5.82. The van der Waals surface area contributed by atoms with Gasteiger partial charge in [-0.05, 0) is 24.1 Å². The zero-order chi connectivity index (χ0) is 13.6. The first-order valence-electron chi connectivity index (χ1n) is 6.01. The number of ether oxygens (including phenoxy) is 2. The van der Waals surface area contributed by atoms with Crippen molar-refractivity contribution in [1.82, 2.24) is 0 Å². The SMILES string of the molecule is COCc1cccc(OCCC(C)(C)C(=N)N)c1. The van der Waals surface area contributed by atoms with E-state index in [1.165, 1.54) is 0 Å². The van der Waals surface area contributed by atoms with Crippen LogP contribution in [0, 0.1) is 10.8 Å². The Morgan fingerprint density at radius 3 is 2.72 bits per heavy atom. The Kier molecular flexibility index (Phi) is 5.16. The maximum atomic E-state index is 7.47. The van der Waals surface area contributed by atoms with Crippen LogP contribution in [0.3, 0.4) is 0 Å². The predicted molar refractivity (Wildman–Crippen MR) is 73.0 cm³/mol. The highest BCUT2D eigenvalue weighted by Gasteiger charge is 2.21. The molecule has 4 heteroatoms. The third kappa shape index (κ3) is 4.37. The summed E-state index contributed by atoms with van der Waals surface area (Å²) in [6.07, 6.45) is 0.719. The van der Waals surface area contributed by atoms with Gasteiger partial charge >= 0.3 is 0 Å². The highest BCUT2D eigenvalue weighted by Crippen LogP contribution is 2.21. The van der Waals surface area contributed by atoms with E-state index in [1.54, 1.807) is 7.11 Å². The smallest absolute Gasteiger partial charge is 0.119 e. The van der Waals surface area contributed by atoms with Crippen molar-refractivity contribution in [3.05, 3.63) is 29.8 Å². The van der Waals surface area contributed by atoms with Crippen molar-refractivity contribution < 1.29 is 9.47 Å². The number of benzene rings is 1. The summed E-state index contributed by atoms with van der Waals surface area (Å²) >= 11 is 0. The van der Waals surface area contributed by atoms with Crippen molar-refractivity contribution in [1.29, 1.82) is 5.41 Å². The molecule has 0 saturated carbocycles. The van der Waals surface area contributed by atoms with Gasteiger partial charge in [0, 0.05) is 12.5 Å². The molecule has 3 N–H and O–H groups in total. The monoisotopic (exact) mass is 250 g/mol. The average molecular weight is 250 g/mol. The molecule has 0 aliphatic rings. The number of nitrogens with two attached hydrogens (primary N) is 1. The molecule has 0 aromatic heterocycles. The van der Waals surface area contributed by atoms with Crippen LogP contribution in [0.5, 0.6) is 5.75 Å². The lowest BCUT2D eigenvalue weighted by atomic mass is 9.88. The number of hydrogen-bond acceptors (Lipinski definition) is 3. The van der Waals surface area contributed by atoms with E-state index in [0.717, 1.165) is 17.7 Å². The fraction of sp³-hybridized carbons (Fsp3) is 0.500. The molecule has 0 aliphatic carbocycles. The Hall–Kier alpha value is -1.55. The van der Waals surface area contributed by atoms with Gasteiger partial charge in [0.2, 0.25) is 0 Å². The summed E-state index contributed by atoms with van der Waals surface area (Å²) in [6, 6.07) is 7.82. The molecule has 0 saturated heterocycles. The van der Waals surface area contributed by atoms with Crippen molar-refractivity contribution in [3.8, 4) is 5.75 Å². The van der Waals surface area contributed by atoms with Gasteiger partial charge in [-0.25, -0.2) is 0 Å². The maximum absolute atomic E-state index is 7.47. The molecule has 0 atom stereocenters. The van der Waals surface area contributed by atoms with Crippen molar-refractivity contribution >= 4 is 5.84 Å². The van der Waals surface area contributed by atoms with Gasteiger partial charge in [-0.3, -0.25) is 5.41 Å². The van der Waals surface area contributed by atoms with Crippen LogP contribution in [0.15, 0.2) is 24.3 Å². The second-order valence-corrected chi connectivity index (χ2v) is 4.98. The first kappa shape index (κ1) is 14.5. The van der Waals surface area contributed by atoms with Gasteiger partial charge in [0.05, 0.1) is 19.0 Å². The molecule has 4 nitrogen and oxygen atoms in total. The summed E-state index contributed by atoms with van der Waals surface area (Å²) in [5, 5.41) is 7.47. The minimum atomic E-state index is -0.315. The van der Waals surface area contributed by atoms with Gasteiger partial charge in [0.15, 0.2) is 0 Å². The van der Waals surface area contributed by atoms with Gasteiger partial charge in [0.1, 0.15) is 5.75 Å². The fourth-order valence-corrected chi connectivity index (χ4v) is 1.45. The van der Waals surface area contributed by atoms with Gasteiger partial charge in [-0.1, -0.05) is 26.0 Å². The molecule has 0 heterocycles. The van der Waals surface area contributed by atoms with Gasteiger partial charge in [-0.2, -0.15) is 0 Å². The molecule has 18 heavy (non-hydrogen) atoms. The summed E-state index contributed by atoms with van der Waals surface area (Å²) in [5.41, 5.74) is 6.29. The highest BCUT2D eigenvalue weighted by atomic mass is 16.5. The third-order valence-electron chi connectivity index (χ3n) is 2.93. The summed E-state index contributed by atoms with van der Waals surface area (Å²) in [6.45, 7) is 5.01. The first-order valence-corrected chi connectivity index (χ1v) is 6.01. The first-order chi connectivity index (χ1) is 8.45. The summed E-state index contributed by atoms with van der Waals surface area (Å²) in [4.78, 5) is 0. The Morgan fingerprint density at radius 1 is 1.39 bits per heavy atom. The molecule has 0 unspecified atom stereocenters. The Morgan fingerprint density at radius 2 is 2.11 bits per heavy atom. The Labute approximate surface area is 109 Å². The van der Waals surface area contributed by atoms with Gasteiger partial charge in [0.25, 0.3) is 0 Å². The fourth-order valence-electron chi connectivity index (χ4n) is 1.45. The van der Waals surface area contributed by atoms with Crippen LogP contribution < -0.4 is 10.5 Å². The summed E-state index contributed by atoms with van der Waals surface area (Å²) < 4.78 is 10.7. The lowest BCUT2D eigenvalue weighted by molar-refractivity contribution is 0.184. The van der Waals surface area contributed by atoms with E-state index in [0.29, 0.717) is 13.2 Å². The van der Waals surface area contributed by atoms with Crippen LogP contribution >= 0.6 is 0 Å². The molecule has 100 valence electrons. The van der Waals surface area contributed by atoms with E-state index in [9.17, 15) is 0 Å². The normalized spacial score (nSPS) is 11.3. The van der Waals surface area contributed by atoms with Crippen LogP contribution in [0.2, 0.25) is 0 Å². The number of nitrogens with one attached hydrogen (secondary N) is 1. The summed E-state index contributed by atoms with van der Waals surface area (Å²) in [7, 11) is 1.67. The van der Waals surface area contributed by atoms with Crippen molar-refractivity contribution in [2.75, 3.05) is 13.7 Å². The number of hydrogen-bond donors (Lipinski definition) is 2. The minimum absolute atomic E-state index is 0.194. The molecule has 0 radical (unpaired) electrons. The number of rotatable bonds is 7. The molecule has 0 fully saturated rings. The van der Waals surface area contributed by atoms with E-state index >= 15 is 0 Å². The lowest BCUT2D eigenvalue weighted by Gasteiger charge is -2.22. The van der Waals surface area contributed by atoms with Crippen LogP contribution in [0.4, 0.5) is 0 Å². The zero-order valence-electron chi connectivity index (χ0n) is 11.3. The number of amidine groups is 1.